The molecule has 1 heterocycles. The number of benzene rings is 1. The normalized spacial score (nSPS) is 21.6. The van der Waals surface area contributed by atoms with Gasteiger partial charge in [0.05, 0.1) is 11.5 Å². The van der Waals surface area contributed by atoms with E-state index in [2.05, 4.69) is 0 Å². The van der Waals surface area contributed by atoms with E-state index in [1.165, 1.54) is 6.92 Å². The molecule has 1 unspecified atom stereocenters. The van der Waals surface area contributed by atoms with E-state index in [0.717, 1.165) is 18.2 Å². The molecule has 0 aliphatic carbocycles. The predicted octanol–water partition coefficient (Wildman–Crippen LogP) is 1.80. The number of hydrogen-bond acceptors (Lipinski definition) is 5. The van der Waals surface area contributed by atoms with Crippen molar-refractivity contribution in [2.45, 2.75) is 19.8 Å². The van der Waals surface area contributed by atoms with Crippen molar-refractivity contribution in [1.82, 2.24) is 0 Å². The highest BCUT2D eigenvalue weighted by Crippen LogP contribution is 2.37. The van der Waals surface area contributed by atoms with E-state index in [0.29, 0.717) is 0 Å². The number of cyclic esters (lactones) is 1. The second kappa shape index (κ2) is 4.99. The lowest BCUT2D eigenvalue weighted by molar-refractivity contribution is -0.385. The summed E-state index contributed by atoms with van der Waals surface area (Å²) in [6, 6.07) is 2.97. The molecule has 0 spiro atoms. The van der Waals surface area contributed by atoms with Crippen LogP contribution in [0.25, 0.3) is 0 Å². The molecule has 20 heavy (non-hydrogen) atoms. The predicted molar refractivity (Wildman–Crippen MR) is 65.4 cm³/mol. The van der Waals surface area contributed by atoms with E-state index in [9.17, 15) is 24.1 Å². The summed E-state index contributed by atoms with van der Waals surface area (Å²) in [5.41, 5.74) is -1.74. The van der Waals surface area contributed by atoms with Gasteiger partial charge in [0.25, 0.3) is 5.69 Å². The van der Waals surface area contributed by atoms with Gasteiger partial charge in [-0.15, -0.1) is 0 Å². The van der Waals surface area contributed by atoms with Crippen molar-refractivity contribution in [2.75, 3.05) is 6.61 Å². The molecule has 1 aromatic carbocycles. The first-order chi connectivity index (χ1) is 9.36. The molecule has 1 aliphatic rings. The van der Waals surface area contributed by atoms with Crippen LogP contribution < -0.4 is 0 Å². The standard InChI is InChI=1S/C13H12FNO5/c1-8(16)13(4-5-20-12(13)17)7-9-6-10(14)2-3-11(9)15(18)19/h2-3,6H,4-5,7H2,1H3. The molecule has 0 saturated carbocycles. The zero-order valence-electron chi connectivity index (χ0n) is 10.7. The second-order valence-corrected chi connectivity index (χ2v) is 4.73. The van der Waals surface area contributed by atoms with Gasteiger partial charge in [0, 0.05) is 24.5 Å². The maximum atomic E-state index is 13.3. The Hall–Kier alpha value is -2.31. The van der Waals surface area contributed by atoms with Gasteiger partial charge in [0.15, 0.2) is 0 Å². The summed E-state index contributed by atoms with van der Waals surface area (Å²) in [7, 11) is 0. The molecule has 1 aromatic rings. The Morgan fingerprint density at radius 1 is 1.55 bits per heavy atom. The maximum absolute atomic E-state index is 13.3. The summed E-state index contributed by atoms with van der Waals surface area (Å²) in [6.07, 6.45) is -0.0793. The van der Waals surface area contributed by atoms with Crippen LogP contribution in [0.2, 0.25) is 0 Å². The lowest BCUT2D eigenvalue weighted by atomic mass is 9.77. The van der Waals surface area contributed by atoms with E-state index < -0.39 is 27.9 Å². The molecular formula is C13H12FNO5. The second-order valence-electron chi connectivity index (χ2n) is 4.73. The quantitative estimate of drug-likeness (QED) is 0.363. The van der Waals surface area contributed by atoms with E-state index in [4.69, 9.17) is 4.74 Å². The first-order valence-electron chi connectivity index (χ1n) is 5.98. The van der Waals surface area contributed by atoms with Crippen LogP contribution in [0, 0.1) is 21.3 Å². The monoisotopic (exact) mass is 281 g/mol. The Labute approximate surface area is 113 Å². The van der Waals surface area contributed by atoms with Crippen molar-refractivity contribution < 1.29 is 23.6 Å². The van der Waals surface area contributed by atoms with Gasteiger partial charge in [0.2, 0.25) is 0 Å². The number of esters is 1. The van der Waals surface area contributed by atoms with Gasteiger partial charge in [-0.3, -0.25) is 19.7 Å². The minimum atomic E-state index is -1.45. The van der Waals surface area contributed by atoms with Gasteiger partial charge in [-0.2, -0.15) is 0 Å². The van der Waals surface area contributed by atoms with Crippen LogP contribution in [-0.2, 0) is 20.7 Å². The van der Waals surface area contributed by atoms with Crippen molar-refractivity contribution in [3.63, 3.8) is 0 Å². The van der Waals surface area contributed by atoms with Crippen molar-refractivity contribution in [3.05, 3.63) is 39.7 Å². The minimum absolute atomic E-state index is 0.0176. The first-order valence-corrected chi connectivity index (χ1v) is 5.98. The summed E-state index contributed by atoms with van der Waals surface area (Å²) >= 11 is 0. The van der Waals surface area contributed by atoms with Crippen molar-refractivity contribution in [3.8, 4) is 0 Å². The van der Waals surface area contributed by atoms with Crippen molar-refractivity contribution >= 4 is 17.4 Å². The Bertz CT molecular complexity index is 600. The Kier molecular flexibility index (Phi) is 3.52. The third-order valence-electron chi connectivity index (χ3n) is 3.56. The van der Waals surface area contributed by atoms with Gasteiger partial charge in [-0.1, -0.05) is 0 Å². The highest BCUT2D eigenvalue weighted by Gasteiger charge is 2.49. The number of carbonyl (C=O) groups excluding carboxylic acids is 2. The number of nitro benzene ring substituents is 1. The number of Topliss-reactive ketones (excluding diaryl/α,β-unsaturated/α-hetero) is 1. The molecular weight excluding hydrogens is 269 g/mol. The van der Waals surface area contributed by atoms with Crippen molar-refractivity contribution in [2.24, 2.45) is 5.41 Å². The van der Waals surface area contributed by atoms with Gasteiger partial charge in [-0.05, 0) is 19.1 Å². The number of nitrogens with zero attached hydrogens (tertiary/aromatic N) is 1. The largest absolute Gasteiger partial charge is 0.465 e. The van der Waals surface area contributed by atoms with E-state index in [-0.39, 0.29) is 30.7 Å². The third kappa shape index (κ3) is 2.26. The molecule has 6 nitrogen and oxygen atoms in total. The van der Waals surface area contributed by atoms with Gasteiger partial charge in [0.1, 0.15) is 17.0 Å². The first kappa shape index (κ1) is 14.1. The molecule has 0 radical (unpaired) electrons. The van der Waals surface area contributed by atoms with E-state index in [1.54, 1.807) is 0 Å². The number of rotatable bonds is 4. The fourth-order valence-electron chi connectivity index (χ4n) is 2.36. The summed E-state index contributed by atoms with van der Waals surface area (Å²) < 4.78 is 18.1. The molecule has 1 atom stereocenters. The Balaban J connectivity index is 2.47. The summed E-state index contributed by atoms with van der Waals surface area (Å²) in [5.74, 6) is -1.79. The minimum Gasteiger partial charge on any atom is -0.465 e. The SMILES string of the molecule is CC(=O)C1(Cc2cc(F)ccc2[N+](=O)[O-])CCOC1=O. The number of ether oxygens (including phenoxy) is 1. The number of nitro groups is 1. The zero-order chi connectivity index (χ0) is 14.9. The summed E-state index contributed by atoms with van der Waals surface area (Å²) in [6.45, 7) is 1.32. The molecule has 0 bridgehead atoms. The van der Waals surface area contributed by atoms with Gasteiger partial charge >= 0.3 is 5.97 Å². The molecule has 7 heteroatoms. The average Bonchev–Trinajstić information content (AvgIpc) is 2.71. The molecule has 1 saturated heterocycles. The van der Waals surface area contributed by atoms with E-state index >= 15 is 0 Å². The molecule has 0 aromatic heterocycles. The zero-order valence-corrected chi connectivity index (χ0v) is 10.7. The molecule has 2 rings (SSSR count). The fraction of sp³-hybridized carbons (Fsp3) is 0.385. The number of hydrogen-bond donors (Lipinski definition) is 0. The number of carbonyl (C=O) groups is 2. The van der Waals surface area contributed by atoms with Crippen LogP contribution >= 0.6 is 0 Å². The van der Waals surface area contributed by atoms with E-state index in [1.807, 2.05) is 0 Å². The van der Waals surface area contributed by atoms with Gasteiger partial charge in [-0.25, -0.2) is 4.39 Å². The Morgan fingerprint density at radius 3 is 2.75 bits per heavy atom. The molecule has 1 aliphatic heterocycles. The van der Waals surface area contributed by atoms with Gasteiger partial charge < -0.3 is 4.74 Å². The highest BCUT2D eigenvalue weighted by atomic mass is 19.1. The number of ketones is 1. The Morgan fingerprint density at radius 2 is 2.25 bits per heavy atom. The van der Waals surface area contributed by atoms with Crippen LogP contribution in [0.5, 0.6) is 0 Å². The summed E-state index contributed by atoms with van der Waals surface area (Å²) in [5, 5.41) is 10.9. The lowest BCUT2D eigenvalue weighted by Crippen LogP contribution is -2.36. The highest BCUT2D eigenvalue weighted by molar-refractivity contribution is 6.04. The lowest BCUT2D eigenvalue weighted by Gasteiger charge is -2.21. The topological polar surface area (TPSA) is 86.5 Å². The molecule has 106 valence electrons. The third-order valence-corrected chi connectivity index (χ3v) is 3.56. The van der Waals surface area contributed by atoms with Crippen molar-refractivity contribution in [1.29, 1.82) is 0 Å². The molecule has 1 fully saturated rings. The maximum Gasteiger partial charge on any atom is 0.320 e. The number of halogens is 1. The van der Waals surface area contributed by atoms with Crippen LogP contribution in [0.3, 0.4) is 0 Å². The fourth-order valence-corrected chi connectivity index (χ4v) is 2.36. The average molecular weight is 281 g/mol. The van der Waals surface area contributed by atoms with Crippen LogP contribution in [0.4, 0.5) is 10.1 Å². The van der Waals surface area contributed by atoms with Crippen LogP contribution in [0.15, 0.2) is 18.2 Å². The van der Waals surface area contributed by atoms with Crippen LogP contribution in [0.1, 0.15) is 18.9 Å². The molecule has 0 N–H and O–H groups in total. The van der Waals surface area contributed by atoms with Crippen LogP contribution in [-0.4, -0.2) is 23.3 Å². The molecule has 0 amide bonds. The smallest absolute Gasteiger partial charge is 0.320 e. The summed E-state index contributed by atoms with van der Waals surface area (Å²) in [4.78, 5) is 33.9.